The predicted octanol–water partition coefficient (Wildman–Crippen LogP) is 1.91. The number of carbonyl (C=O) groups excluding carboxylic acids is 1. The fraction of sp³-hybridized carbons (Fsp3) is 0.167. The van der Waals surface area contributed by atoms with E-state index in [4.69, 9.17) is 16.6 Å². The number of primary amides is 1. The topological polar surface area (TPSA) is 129 Å². The van der Waals surface area contributed by atoms with E-state index in [1.165, 1.54) is 12.1 Å². The van der Waals surface area contributed by atoms with E-state index in [0.29, 0.717) is 16.7 Å². The summed E-state index contributed by atoms with van der Waals surface area (Å²) in [5.41, 5.74) is 17.0. The number of nitrogens with two attached hydrogens (primary N) is 3. The highest BCUT2D eigenvalue weighted by molar-refractivity contribution is 7.89. The molecule has 0 fully saturated rings. The summed E-state index contributed by atoms with van der Waals surface area (Å²) in [7, 11) is -5.40. The molecule has 0 aliphatic heterocycles. The lowest BCUT2D eigenvalue weighted by atomic mass is 9.97. The maximum Gasteiger partial charge on any atom is 0.250 e. The summed E-state index contributed by atoms with van der Waals surface area (Å²) in [6.45, 7) is 6.33. The van der Waals surface area contributed by atoms with Crippen molar-refractivity contribution >= 4 is 29.7 Å². The van der Waals surface area contributed by atoms with E-state index < -0.39 is 24.0 Å². The molecule has 0 aliphatic carbocycles. The number of hydrogen-bond donors (Lipinski definition) is 3. The molecule has 6 N–H and O–H groups in total. The summed E-state index contributed by atoms with van der Waals surface area (Å²) in [6.07, 6.45) is 0. The number of primary sulfonamides is 1. The first kappa shape index (κ1) is 19.7. The predicted molar refractivity (Wildman–Crippen MR) is 106 cm³/mol. The molecule has 0 heterocycles. The minimum absolute atomic E-state index is 0.00961. The van der Waals surface area contributed by atoms with Crippen LogP contribution in [-0.2, 0) is 10.0 Å². The SMILES string of the molecule is C[Si](C)(C)C#Cc1cc(C(N)=O)c(N)c(-c2ccc(S(N)(=O)=O)cc2)c1. The number of hydrogen-bond acceptors (Lipinski definition) is 4. The van der Waals surface area contributed by atoms with Gasteiger partial charge in [-0.15, -0.1) is 5.54 Å². The molecule has 0 radical (unpaired) electrons. The first-order valence-electron chi connectivity index (χ1n) is 7.78. The van der Waals surface area contributed by atoms with Gasteiger partial charge in [-0.25, -0.2) is 13.6 Å². The van der Waals surface area contributed by atoms with Crippen LogP contribution in [-0.4, -0.2) is 22.4 Å². The zero-order chi connectivity index (χ0) is 19.7. The molecule has 8 heteroatoms. The number of nitrogen functional groups attached to an aromatic ring is 1. The average Bonchev–Trinajstić information content (AvgIpc) is 2.52. The Morgan fingerprint density at radius 1 is 1.08 bits per heavy atom. The first-order chi connectivity index (χ1) is 11.9. The van der Waals surface area contributed by atoms with E-state index in [1.54, 1.807) is 24.3 Å². The van der Waals surface area contributed by atoms with Crippen molar-refractivity contribution in [2.24, 2.45) is 10.9 Å². The molecule has 0 unspecified atom stereocenters. The van der Waals surface area contributed by atoms with Crippen molar-refractivity contribution < 1.29 is 13.2 Å². The fourth-order valence-corrected chi connectivity index (χ4v) is 3.29. The van der Waals surface area contributed by atoms with Gasteiger partial charge in [-0.1, -0.05) is 37.7 Å². The maximum atomic E-state index is 11.8. The molecule has 0 spiro atoms. The van der Waals surface area contributed by atoms with Crippen LogP contribution in [0.5, 0.6) is 0 Å². The summed E-state index contributed by atoms with van der Waals surface area (Å²) in [5, 5.41) is 5.12. The van der Waals surface area contributed by atoms with Gasteiger partial charge in [0, 0.05) is 11.1 Å². The Balaban J connectivity index is 2.65. The second-order valence-electron chi connectivity index (χ2n) is 6.92. The molecular weight excluding hydrogens is 366 g/mol. The third-order valence-corrected chi connectivity index (χ3v) is 5.33. The quantitative estimate of drug-likeness (QED) is 0.422. The van der Waals surface area contributed by atoms with Gasteiger partial charge in [-0.05, 0) is 29.8 Å². The van der Waals surface area contributed by atoms with Gasteiger partial charge in [0.2, 0.25) is 10.0 Å². The second-order valence-corrected chi connectivity index (χ2v) is 13.2. The van der Waals surface area contributed by atoms with E-state index in [1.807, 2.05) is 0 Å². The van der Waals surface area contributed by atoms with Gasteiger partial charge >= 0.3 is 0 Å². The summed E-state index contributed by atoms with van der Waals surface area (Å²) in [4.78, 5) is 11.7. The third kappa shape index (κ3) is 4.73. The molecule has 2 aromatic carbocycles. The average molecular weight is 388 g/mol. The molecule has 0 bridgehead atoms. The lowest BCUT2D eigenvalue weighted by Gasteiger charge is -2.12. The molecule has 0 atom stereocenters. The molecule has 1 amide bonds. The second kappa shape index (κ2) is 6.95. The molecule has 136 valence electrons. The van der Waals surface area contributed by atoms with Crippen molar-refractivity contribution in [2.75, 3.05) is 5.73 Å². The standard InChI is InChI=1S/C18H21N3O3SSi/c1-26(2,3)9-8-12-10-15(17(19)16(11-12)18(20)22)13-4-6-14(7-5-13)25(21,23)24/h4-7,10-11H,19H2,1-3H3,(H2,20,22)(H2,21,23,24). The molecule has 6 nitrogen and oxygen atoms in total. The molecule has 0 saturated carbocycles. The Bertz CT molecular complexity index is 1030. The summed E-state index contributed by atoms with van der Waals surface area (Å²) in [6, 6.07) is 9.26. The Kier molecular flexibility index (Phi) is 5.27. The van der Waals surface area contributed by atoms with E-state index in [0.717, 1.165) is 0 Å². The van der Waals surface area contributed by atoms with Gasteiger partial charge in [0.25, 0.3) is 5.91 Å². The van der Waals surface area contributed by atoms with Gasteiger partial charge in [0.15, 0.2) is 0 Å². The van der Waals surface area contributed by atoms with Crippen molar-refractivity contribution in [3.05, 3.63) is 47.5 Å². The number of amides is 1. The van der Waals surface area contributed by atoms with Crippen LogP contribution in [0, 0.1) is 11.5 Å². The number of sulfonamides is 1. The first-order valence-corrected chi connectivity index (χ1v) is 12.8. The smallest absolute Gasteiger partial charge is 0.250 e. The van der Waals surface area contributed by atoms with Crippen LogP contribution in [0.4, 0.5) is 5.69 Å². The van der Waals surface area contributed by atoms with E-state index >= 15 is 0 Å². The number of benzene rings is 2. The monoisotopic (exact) mass is 387 g/mol. The van der Waals surface area contributed by atoms with Gasteiger partial charge in [-0.2, -0.15) is 0 Å². The number of anilines is 1. The number of carbonyl (C=O) groups is 1. The normalized spacial score (nSPS) is 11.5. The Morgan fingerprint density at radius 2 is 1.65 bits per heavy atom. The fourth-order valence-electron chi connectivity index (χ4n) is 2.25. The molecule has 0 aliphatic rings. The highest BCUT2D eigenvalue weighted by Crippen LogP contribution is 2.30. The van der Waals surface area contributed by atoms with Crippen molar-refractivity contribution in [1.82, 2.24) is 0 Å². The molecule has 2 aromatic rings. The van der Waals surface area contributed by atoms with Gasteiger partial charge < -0.3 is 11.5 Å². The Labute approximate surface area is 154 Å². The zero-order valence-electron chi connectivity index (χ0n) is 14.8. The lowest BCUT2D eigenvalue weighted by molar-refractivity contribution is 0.100. The summed E-state index contributed by atoms with van der Waals surface area (Å²) < 4.78 is 22.8. The Morgan fingerprint density at radius 3 is 2.12 bits per heavy atom. The van der Waals surface area contributed by atoms with Crippen LogP contribution in [0.2, 0.25) is 19.6 Å². The zero-order valence-corrected chi connectivity index (χ0v) is 16.6. The van der Waals surface area contributed by atoms with E-state index in [9.17, 15) is 13.2 Å². The van der Waals surface area contributed by atoms with Crippen LogP contribution >= 0.6 is 0 Å². The molecular formula is C18H21N3O3SSi. The Hall–Kier alpha value is -2.60. The molecule has 2 rings (SSSR count). The number of rotatable bonds is 3. The van der Waals surface area contributed by atoms with Gasteiger partial charge in [0.1, 0.15) is 8.07 Å². The van der Waals surface area contributed by atoms with Crippen LogP contribution < -0.4 is 16.6 Å². The van der Waals surface area contributed by atoms with Crippen molar-refractivity contribution in [2.45, 2.75) is 24.5 Å². The molecule has 26 heavy (non-hydrogen) atoms. The van der Waals surface area contributed by atoms with E-state index in [2.05, 4.69) is 31.1 Å². The lowest BCUT2D eigenvalue weighted by Crippen LogP contribution is -2.16. The minimum Gasteiger partial charge on any atom is -0.398 e. The maximum absolute atomic E-state index is 11.8. The minimum atomic E-state index is -3.79. The van der Waals surface area contributed by atoms with Crippen LogP contribution in [0.3, 0.4) is 0 Å². The van der Waals surface area contributed by atoms with Crippen molar-refractivity contribution in [3.8, 4) is 22.6 Å². The molecule has 0 saturated heterocycles. The van der Waals surface area contributed by atoms with Gasteiger partial charge in [-0.3, -0.25) is 4.79 Å². The van der Waals surface area contributed by atoms with Crippen molar-refractivity contribution in [3.63, 3.8) is 0 Å². The highest BCUT2D eigenvalue weighted by atomic mass is 32.2. The van der Waals surface area contributed by atoms with Crippen LogP contribution in [0.1, 0.15) is 15.9 Å². The van der Waals surface area contributed by atoms with Crippen molar-refractivity contribution in [1.29, 1.82) is 0 Å². The largest absolute Gasteiger partial charge is 0.398 e. The molecule has 0 aromatic heterocycles. The van der Waals surface area contributed by atoms with Crippen LogP contribution in [0.15, 0.2) is 41.3 Å². The summed E-state index contributed by atoms with van der Waals surface area (Å²) >= 11 is 0. The summed E-state index contributed by atoms with van der Waals surface area (Å²) in [5.74, 6) is 2.43. The third-order valence-electron chi connectivity index (χ3n) is 3.52. The highest BCUT2D eigenvalue weighted by Gasteiger charge is 2.15. The van der Waals surface area contributed by atoms with E-state index in [-0.39, 0.29) is 16.1 Å². The van der Waals surface area contributed by atoms with Crippen LogP contribution in [0.25, 0.3) is 11.1 Å². The van der Waals surface area contributed by atoms with Gasteiger partial charge in [0.05, 0.1) is 16.1 Å².